The number of nitrogens with two attached hydrogens (primary N) is 1. The van der Waals surface area contributed by atoms with Gasteiger partial charge in [0.05, 0.1) is 21.9 Å². The van der Waals surface area contributed by atoms with Crippen LogP contribution in [0.15, 0.2) is 42.6 Å². The van der Waals surface area contributed by atoms with Crippen LogP contribution in [0.1, 0.15) is 0 Å². The molecule has 0 aliphatic heterocycles. The second kappa shape index (κ2) is 5.15. The predicted molar refractivity (Wildman–Crippen MR) is 83.7 cm³/mol. The quantitative estimate of drug-likeness (QED) is 0.694. The summed E-state index contributed by atoms with van der Waals surface area (Å²) in [6, 6.07) is 10.7. The molecule has 3 N–H and O–H groups in total. The normalized spacial score (nSPS) is 10.7. The van der Waals surface area contributed by atoms with Crippen LogP contribution in [0.25, 0.3) is 10.9 Å². The lowest BCUT2D eigenvalue weighted by molar-refractivity contribution is 1.31. The zero-order valence-electron chi connectivity index (χ0n) is 10.3. The van der Waals surface area contributed by atoms with Crippen molar-refractivity contribution in [3.05, 3.63) is 52.8 Å². The number of benzene rings is 1. The Hall–Kier alpha value is -2.04. The van der Waals surface area contributed by atoms with Gasteiger partial charge >= 0.3 is 0 Å². The molecule has 20 heavy (non-hydrogen) atoms. The Morgan fingerprint density at radius 1 is 1.05 bits per heavy atom. The first-order valence-corrected chi connectivity index (χ1v) is 6.63. The van der Waals surface area contributed by atoms with Crippen molar-refractivity contribution in [2.45, 2.75) is 0 Å². The molecule has 6 heteroatoms. The van der Waals surface area contributed by atoms with Crippen LogP contribution >= 0.6 is 23.2 Å². The number of anilines is 3. The van der Waals surface area contributed by atoms with Crippen molar-refractivity contribution in [3.63, 3.8) is 0 Å². The Morgan fingerprint density at radius 3 is 2.75 bits per heavy atom. The van der Waals surface area contributed by atoms with E-state index in [1.54, 1.807) is 24.4 Å². The highest BCUT2D eigenvalue weighted by atomic mass is 35.5. The van der Waals surface area contributed by atoms with Gasteiger partial charge in [-0.3, -0.25) is 4.98 Å². The number of rotatable bonds is 2. The predicted octanol–water partition coefficient (Wildman–Crippen LogP) is 4.26. The van der Waals surface area contributed by atoms with Crippen LogP contribution in [-0.4, -0.2) is 9.97 Å². The molecule has 0 bridgehead atoms. The van der Waals surface area contributed by atoms with Crippen LogP contribution in [0.3, 0.4) is 0 Å². The van der Waals surface area contributed by atoms with E-state index in [4.69, 9.17) is 28.9 Å². The fourth-order valence-corrected chi connectivity index (χ4v) is 2.28. The molecule has 0 aliphatic rings. The minimum Gasteiger partial charge on any atom is -0.396 e. The molecule has 0 radical (unpaired) electrons. The first kappa shape index (κ1) is 13.0. The standard InChI is InChI=1S/C14H10Cl2N4/c15-9-3-5-11(13-8(9)2-1-7-18-13)19-14-10(17)4-6-12(16)20-14/h1-7H,17H2,(H,19,20). The van der Waals surface area contributed by atoms with E-state index >= 15 is 0 Å². The maximum atomic E-state index is 6.16. The highest BCUT2D eigenvalue weighted by Crippen LogP contribution is 2.31. The number of fused-ring (bicyclic) bond motifs is 1. The SMILES string of the molecule is Nc1ccc(Cl)nc1Nc1ccc(Cl)c2cccnc12. The highest BCUT2D eigenvalue weighted by molar-refractivity contribution is 6.35. The van der Waals surface area contributed by atoms with Gasteiger partial charge in [0, 0.05) is 11.6 Å². The summed E-state index contributed by atoms with van der Waals surface area (Å²) in [5.41, 5.74) is 7.91. The summed E-state index contributed by atoms with van der Waals surface area (Å²) in [4.78, 5) is 8.51. The highest BCUT2D eigenvalue weighted by Gasteiger charge is 2.08. The van der Waals surface area contributed by atoms with Crippen LogP contribution < -0.4 is 11.1 Å². The van der Waals surface area contributed by atoms with Crippen molar-refractivity contribution >= 4 is 51.3 Å². The lowest BCUT2D eigenvalue weighted by Crippen LogP contribution is -2.00. The Morgan fingerprint density at radius 2 is 1.90 bits per heavy atom. The van der Waals surface area contributed by atoms with Crippen LogP contribution in [0.5, 0.6) is 0 Å². The molecule has 0 saturated carbocycles. The summed E-state index contributed by atoms with van der Waals surface area (Å²) in [7, 11) is 0. The third-order valence-corrected chi connectivity index (χ3v) is 3.40. The van der Waals surface area contributed by atoms with E-state index in [9.17, 15) is 0 Å². The fourth-order valence-electron chi connectivity index (χ4n) is 1.91. The van der Waals surface area contributed by atoms with Gasteiger partial charge in [0.1, 0.15) is 5.15 Å². The van der Waals surface area contributed by atoms with Crippen molar-refractivity contribution in [2.24, 2.45) is 0 Å². The average Bonchev–Trinajstić information content (AvgIpc) is 2.46. The van der Waals surface area contributed by atoms with Crippen LogP contribution in [-0.2, 0) is 0 Å². The van der Waals surface area contributed by atoms with Crippen molar-refractivity contribution in [3.8, 4) is 0 Å². The molecule has 2 aromatic heterocycles. The second-order valence-electron chi connectivity index (χ2n) is 4.19. The molecule has 0 amide bonds. The molecule has 1 aromatic carbocycles. The number of hydrogen-bond acceptors (Lipinski definition) is 4. The third-order valence-electron chi connectivity index (χ3n) is 2.86. The summed E-state index contributed by atoms with van der Waals surface area (Å²) in [5, 5.41) is 5.02. The largest absolute Gasteiger partial charge is 0.396 e. The van der Waals surface area contributed by atoms with E-state index in [0.29, 0.717) is 21.7 Å². The number of pyridine rings is 2. The summed E-state index contributed by atoms with van der Waals surface area (Å²) in [6.07, 6.45) is 1.71. The van der Waals surface area contributed by atoms with E-state index in [2.05, 4.69) is 15.3 Å². The van der Waals surface area contributed by atoms with Crippen molar-refractivity contribution < 1.29 is 0 Å². The van der Waals surface area contributed by atoms with E-state index in [-0.39, 0.29) is 0 Å². The van der Waals surface area contributed by atoms with Crippen molar-refractivity contribution in [1.29, 1.82) is 0 Å². The fraction of sp³-hybridized carbons (Fsp3) is 0. The summed E-state index contributed by atoms with van der Waals surface area (Å²) in [6.45, 7) is 0. The smallest absolute Gasteiger partial charge is 0.155 e. The molecule has 0 saturated heterocycles. The minimum absolute atomic E-state index is 0.368. The Labute approximate surface area is 125 Å². The van der Waals surface area contributed by atoms with E-state index in [1.807, 2.05) is 18.2 Å². The first-order valence-electron chi connectivity index (χ1n) is 5.87. The number of nitrogen functional groups attached to an aromatic ring is 1. The van der Waals surface area contributed by atoms with Gasteiger partial charge in [-0.25, -0.2) is 4.98 Å². The van der Waals surface area contributed by atoms with E-state index < -0.39 is 0 Å². The minimum atomic E-state index is 0.368. The molecule has 0 fully saturated rings. The number of nitrogens with one attached hydrogen (secondary N) is 1. The summed E-state index contributed by atoms with van der Waals surface area (Å²) < 4.78 is 0. The van der Waals surface area contributed by atoms with E-state index in [0.717, 1.165) is 16.6 Å². The van der Waals surface area contributed by atoms with Crippen molar-refractivity contribution in [1.82, 2.24) is 9.97 Å². The Balaban J connectivity index is 2.11. The molecule has 3 rings (SSSR count). The van der Waals surface area contributed by atoms with Crippen molar-refractivity contribution in [2.75, 3.05) is 11.1 Å². The zero-order chi connectivity index (χ0) is 14.1. The lowest BCUT2D eigenvalue weighted by atomic mass is 10.2. The topological polar surface area (TPSA) is 63.8 Å². The van der Waals surface area contributed by atoms with Gasteiger partial charge in [-0.05, 0) is 36.4 Å². The molecule has 4 nitrogen and oxygen atoms in total. The Kier molecular flexibility index (Phi) is 3.34. The molecule has 0 unspecified atom stereocenters. The number of halogens is 2. The molecule has 0 spiro atoms. The molecular formula is C14H10Cl2N4. The number of nitrogens with zero attached hydrogens (tertiary/aromatic N) is 2. The second-order valence-corrected chi connectivity index (χ2v) is 4.99. The van der Waals surface area contributed by atoms with Crippen LogP contribution in [0.2, 0.25) is 10.2 Å². The van der Waals surface area contributed by atoms with Gasteiger partial charge in [-0.1, -0.05) is 23.2 Å². The monoisotopic (exact) mass is 304 g/mol. The number of hydrogen-bond donors (Lipinski definition) is 2. The van der Waals surface area contributed by atoms with Gasteiger partial charge in [0.25, 0.3) is 0 Å². The molecule has 0 atom stereocenters. The molecular weight excluding hydrogens is 295 g/mol. The van der Waals surface area contributed by atoms with Gasteiger partial charge in [0.2, 0.25) is 0 Å². The average molecular weight is 305 g/mol. The number of aromatic nitrogens is 2. The molecule has 2 heterocycles. The zero-order valence-corrected chi connectivity index (χ0v) is 11.8. The van der Waals surface area contributed by atoms with Gasteiger partial charge in [-0.15, -0.1) is 0 Å². The van der Waals surface area contributed by atoms with E-state index in [1.165, 1.54) is 0 Å². The molecule has 100 valence electrons. The summed E-state index contributed by atoms with van der Waals surface area (Å²) in [5.74, 6) is 0.492. The van der Waals surface area contributed by atoms with Gasteiger partial charge < -0.3 is 11.1 Å². The summed E-state index contributed by atoms with van der Waals surface area (Å²) >= 11 is 12.0. The van der Waals surface area contributed by atoms with Gasteiger partial charge in [-0.2, -0.15) is 0 Å². The van der Waals surface area contributed by atoms with Gasteiger partial charge in [0.15, 0.2) is 5.82 Å². The Bertz CT molecular complexity index is 789. The van der Waals surface area contributed by atoms with Crippen LogP contribution in [0.4, 0.5) is 17.2 Å². The lowest BCUT2D eigenvalue weighted by Gasteiger charge is -2.11. The molecule has 0 aliphatic carbocycles. The van der Waals surface area contributed by atoms with Crippen LogP contribution in [0, 0.1) is 0 Å². The maximum Gasteiger partial charge on any atom is 0.155 e. The maximum absolute atomic E-state index is 6.16. The third kappa shape index (κ3) is 2.35. The molecule has 3 aromatic rings. The first-order chi connectivity index (χ1) is 9.65.